The van der Waals surface area contributed by atoms with Gasteiger partial charge in [0.25, 0.3) is 0 Å². The van der Waals surface area contributed by atoms with E-state index in [1.165, 1.54) is 11.1 Å². The summed E-state index contributed by atoms with van der Waals surface area (Å²) in [5.41, 5.74) is 12.7. The lowest BCUT2D eigenvalue weighted by molar-refractivity contribution is 0.958. The van der Waals surface area contributed by atoms with Crippen LogP contribution in [0.5, 0.6) is 0 Å². The van der Waals surface area contributed by atoms with E-state index >= 15 is 0 Å². The van der Waals surface area contributed by atoms with Gasteiger partial charge in [0.05, 0.1) is 11.0 Å². The minimum Gasteiger partial charge on any atom is -0.327 e. The number of aryl methyl sites for hydroxylation is 3. The molecule has 0 aliphatic heterocycles. The van der Waals surface area contributed by atoms with Crippen molar-refractivity contribution >= 4 is 11.0 Å². The van der Waals surface area contributed by atoms with Gasteiger partial charge in [0.15, 0.2) is 0 Å². The number of benzene rings is 2. The molecule has 3 nitrogen and oxygen atoms in total. The van der Waals surface area contributed by atoms with Crippen LogP contribution in [-0.2, 0) is 13.6 Å². The van der Waals surface area contributed by atoms with E-state index in [2.05, 4.69) is 61.9 Å². The van der Waals surface area contributed by atoms with Crippen LogP contribution in [0.15, 0.2) is 36.4 Å². The maximum Gasteiger partial charge on any atom is 0.140 e. The molecule has 0 fully saturated rings. The standard InChI is InChI=1S/C17H19N3/c1-11-4-6-14(8-12(11)2)17-19-15-9-13(10-18)5-7-16(15)20(17)3/h4-9H,10,18H2,1-3H3. The summed E-state index contributed by atoms with van der Waals surface area (Å²) in [7, 11) is 2.06. The first-order valence-corrected chi connectivity index (χ1v) is 6.83. The van der Waals surface area contributed by atoms with E-state index < -0.39 is 0 Å². The van der Waals surface area contributed by atoms with Crippen LogP contribution in [0.25, 0.3) is 22.4 Å². The average Bonchev–Trinajstić information content (AvgIpc) is 2.78. The number of hydrogen-bond donors (Lipinski definition) is 1. The van der Waals surface area contributed by atoms with Gasteiger partial charge in [0.2, 0.25) is 0 Å². The Bertz CT molecular complexity index is 784. The minimum atomic E-state index is 0.547. The van der Waals surface area contributed by atoms with Gasteiger partial charge >= 0.3 is 0 Å². The molecule has 0 saturated carbocycles. The highest BCUT2D eigenvalue weighted by molar-refractivity contribution is 5.81. The fraction of sp³-hybridized carbons (Fsp3) is 0.235. The van der Waals surface area contributed by atoms with Crippen LogP contribution < -0.4 is 5.73 Å². The van der Waals surface area contributed by atoms with Crippen molar-refractivity contribution in [2.24, 2.45) is 12.8 Å². The van der Waals surface area contributed by atoms with Crippen LogP contribution in [0.4, 0.5) is 0 Å². The molecule has 1 heterocycles. The van der Waals surface area contributed by atoms with Crippen molar-refractivity contribution in [1.82, 2.24) is 9.55 Å². The lowest BCUT2D eigenvalue weighted by Gasteiger charge is -2.05. The van der Waals surface area contributed by atoms with Gasteiger partial charge < -0.3 is 10.3 Å². The molecule has 2 aromatic carbocycles. The minimum absolute atomic E-state index is 0.547. The molecule has 20 heavy (non-hydrogen) atoms. The topological polar surface area (TPSA) is 43.8 Å². The molecular formula is C17H19N3. The fourth-order valence-electron chi connectivity index (χ4n) is 2.51. The Morgan fingerprint density at radius 2 is 1.85 bits per heavy atom. The Kier molecular flexibility index (Phi) is 3.07. The molecule has 3 aromatic rings. The van der Waals surface area contributed by atoms with Crippen molar-refractivity contribution < 1.29 is 0 Å². The zero-order valence-electron chi connectivity index (χ0n) is 12.1. The Morgan fingerprint density at radius 1 is 1.05 bits per heavy atom. The van der Waals surface area contributed by atoms with Crippen LogP contribution in [0.3, 0.4) is 0 Å². The van der Waals surface area contributed by atoms with Crippen LogP contribution in [-0.4, -0.2) is 9.55 Å². The Hall–Kier alpha value is -2.13. The summed E-state index contributed by atoms with van der Waals surface area (Å²) in [4.78, 5) is 4.77. The molecule has 0 aliphatic carbocycles. The Labute approximate surface area is 119 Å². The Balaban J connectivity index is 2.20. The van der Waals surface area contributed by atoms with E-state index in [4.69, 9.17) is 10.7 Å². The van der Waals surface area contributed by atoms with Crippen molar-refractivity contribution in [3.05, 3.63) is 53.1 Å². The van der Waals surface area contributed by atoms with Crippen LogP contribution in [0, 0.1) is 13.8 Å². The predicted molar refractivity (Wildman–Crippen MR) is 83.5 cm³/mol. The summed E-state index contributed by atoms with van der Waals surface area (Å²) in [6.07, 6.45) is 0. The second-order valence-corrected chi connectivity index (χ2v) is 5.32. The summed E-state index contributed by atoms with van der Waals surface area (Å²) in [6.45, 7) is 4.81. The number of aromatic nitrogens is 2. The summed E-state index contributed by atoms with van der Waals surface area (Å²) < 4.78 is 2.14. The Morgan fingerprint density at radius 3 is 2.55 bits per heavy atom. The smallest absolute Gasteiger partial charge is 0.140 e. The van der Waals surface area contributed by atoms with Crippen molar-refractivity contribution in [3.8, 4) is 11.4 Å². The van der Waals surface area contributed by atoms with Gasteiger partial charge in [-0.1, -0.05) is 18.2 Å². The number of rotatable bonds is 2. The number of nitrogens with zero attached hydrogens (tertiary/aromatic N) is 2. The summed E-state index contributed by atoms with van der Waals surface area (Å²) in [6, 6.07) is 12.7. The molecule has 0 unspecified atom stereocenters. The van der Waals surface area contributed by atoms with Crippen molar-refractivity contribution in [2.75, 3.05) is 0 Å². The molecule has 0 radical (unpaired) electrons. The van der Waals surface area contributed by atoms with Crippen LogP contribution >= 0.6 is 0 Å². The van der Waals surface area contributed by atoms with Gasteiger partial charge in [-0.25, -0.2) is 4.98 Å². The first kappa shape index (κ1) is 12.9. The molecule has 0 atom stereocenters. The third-order valence-corrected chi connectivity index (χ3v) is 3.95. The molecular weight excluding hydrogens is 246 g/mol. The van der Waals surface area contributed by atoms with E-state index in [1.807, 2.05) is 0 Å². The average molecular weight is 265 g/mol. The molecule has 0 aliphatic rings. The highest BCUT2D eigenvalue weighted by atomic mass is 15.1. The van der Waals surface area contributed by atoms with E-state index in [0.29, 0.717) is 6.54 Å². The van der Waals surface area contributed by atoms with Crippen molar-refractivity contribution in [2.45, 2.75) is 20.4 Å². The van der Waals surface area contributed by atoms with Gasteiger partial charge in [-0.05, 0) is 48.7 Å². The van der Waals surface area contributed by atoms with Gasteiger partial charge in [0, 0.05) is 19.2 Å². The van der Waals surface area contributed by atoms with E-state index in [-0.39, 0.29) is 0 Å². The normalized spacial score (nSPS) is 11.2. The molecule has 0 spiro atoms. The van der Waals surface area contributed by atoms with Crippen LogP contribution in [0.1, 0.15) is 16.7 Å². The lowest BCUT2D eigenvalue weighted by Crippen LogP contribution is -1.96. The van der Waals surface area contributed by atoms with E-state index in [1.54, 1.807) is 0 Å². The molecule has 3 rings (SSSR count). The molecule has 0 bridgehead atoms. The molecule has 1 aromatic heterocycles. The van der Waals surface area contributed by atoms with Crippen LogP contribution in [0.2, 0.25) is 0 Å². The number of hydrogen-bond acceptors (Lipinski definition) is 2. The third kappa shape index (κ3) is 2.00. The summed E-state index contributed by atoms with van der Waals surface area (Å²) in [5, 5.41) is 0. The zero-order chi connectivity index (χ0) is 14.3. The second-order valence-electron chi connectivity index (χ2n) is 5.32. The lowest BCUT2D eigenvalue weighted by atomic mass is 10.1. The number of fused-ring (bicyclic) bond motifs is 1. The molecule has 0 saturated heterocycles. The zero-order valence-corrected chi connectivity index (χ0v) is 12.1. The first-order valence-electron chi connectivity index (χ1n) is 6.83. The highest BCUT2D eigenvalue weighted by Gasteiger charge is 2.10. The van der Waals surface area contributed by atoms with E-state index in [0.717, 1.165) is 28.0 Å². The highest BCUT2D eigenvalue weighted by Crippen LogP contribution is 2.25. The predicted octanol–water partition coefficient (Wildman–Crippen LogP) is 3.32. The van der Waals surface area contributed by atoms with Gasteiger partial charge in [-0.15, -0.1) is 0 Å². The molecule has 0 amide bonds. The second kappa shape index (κ2) is 4.76. The SMILES string of the molecule is Cc1ccc(-c2nc3cc(CN)ccc3n2C)cc1C. The monoisotopic (exact) mass is 265 g/mol. The van der Waals surface area contributed by atoms with Gasteiger partial charge in [0.1, 0.15) is 5.82 Å². The first-order chi connectivity index (χ1) is 9.60. The van der Waals surface area contributed by atoms with Gasteiger partial charge in [-0.3, -0.25) is 0 Å². The fourth-order valence-corrected chi connectivity index (χ4v) is 2.51. The third-order valence-electron chi connectivity index (χ3n) is 3.95. The van der Waals surface area contributed by atoms with E-state index in [9.17, 15) is 0 Å². The maximum atomic E-state index is 5.70. The maximum absolute atomic E-state index is 5.70. The summed E-state index contributed by atoms with van der Waals surface area (Å²) in [5.74, 6) is 0.997. The molecule has 102 valence electrons. The summed E-state index contributed by atoms with van der Waals surface area (Å²) >= 11 is 0. The number of imidazole rings is 1. The van der Waals surface area contributed by atoms with Gasteiger partial charge in [-0.2, -0.15) is 0 Å². The largest absolute Gasteiger partial charge is 0.327 e. The molecule has 2 N–H and O–H groups in total. The molecule has 3 heteroatoms. The van der Waals surface area contributed by atoms with Crippen molar-refractivity contribution in [3.63, 3.8) is 0 Å². The quantitative estimate of drug-likeness (QED) is 0.772. The van der Waals surface area contributed by atoms with Crippen molar-refractivity contribution in [1.29, 1.82) is 0 Å². The number of nitrogens with two attached hydrogens (primary N) is 1.